The van der Waals surface area contributed by atoms with Gasteiger partial charge in [-0.3, -0.25) is 0 Å². The predicted octanol–water partition coefficient (Wildman–Crippen LogP) is 5.75. The molecule has 5 saturated carbocycles. The Kier molecular flexibility index (Phi) is 2.59. The number of fused-ring (bicyclic) bond motifs is 13. The van der Waals surface area contributed by atoms with E-state index < -0.39 is 0 Å². The summed E-state index contributed by atoms with van der Waals surface area (Å²) in [5, 5.41) is 0. The third-order valence-corrected chi connectivity index (χ3v) is 11.2. The van der Waals surface area contributed by atoms with Gasteiger partial charge in [0.15, 0.2) is 0 Å². The van der Waals surface area contributed by atoms with Crippen LogP contribution in [0.15, 0.2) is 12.2 Å². The number of allylic oxidation sites excluding steroid dienone is 2. The van der Waals surface area contributed by atoms with Crippen molar-refractivity contribution in [3.8, 4) is 0 Å². The van der Waals surface area contributed by atoms with Crippen LogP contribution in [0.3, 0.4) is 0 Å². The molecule has 0 heterocycles. The smallest absolute Gasteiger partial charge is 0.0228 e. The summed E-state index contributed by atoms with van der Waals surface area (Å²) in [6, 6.07) is 0. The molecule has 14 atom stereocenters. The van der Waals surface area contributed by atoms with Gasteiger partial charge in [0.1, 0.15) is 0 Å². The van der Waals surface area contributed by atoms with Gasteiger partial charge in [0.25, 0.3) is 0 Å². The zero-order valence-electron chi connectivity index (χ0n) is 16.4. The molecule has 5 fully saturated rings. The zero-order chi connectivity index (χ0) is 16.7. The Morgan fingerprint density at radius 3 is 1.83 bits per heavy atom. The summed E-state index contributed by atoms with van der Waals surface area (Å²) in [6.45, 7) is 15.6. The molecule has 6 rings (SSSR count). The van der Waals surface area contributed by atoms with Crippen molar-refractivity contribution in [1.29, 1.82) is 0 Å². The average Bonchev–Trinajstić information content (AvgIpc) is 3.06. The predicted molar refractivity (Wildman–Crippen MR) is 99.1 cm³/mol. The monoisotopic (exact) mass is 324 g/mol. The molecule has 0 aromatic rings. The van der Waals surface area contributed by atoms with E-state index in [1.165, 1.54) is 0 Å². The minimum atomic E-state index is 0.624. The molecule has 2 unspecified atom stereocenters. The fourth-order valence-corrected chi connectivity index (χ4v) is 10.6. The molecule has 0 amide bonds. The maximum absolute atomic E-state index is 2.70. The molecule has 0 nitrogen and oxygen atoms in total. The van der Waals surface area contributed by atoms with Gasteiger partial charge < -0.3 is 0 Å². The highest BCUT2D eigenvalue weighted by atomic mass is 14.8. The van der Waals surface area contributed by atoms with Crippen LogP contribution in [0.25, 0.3) is 0 Å². The second-order valence-corrected chi connectivity index (χ2v) is 11.7. The molecule has 0 heteroatoms. The van der Waals surface area contributed by atoms with Gasteiger partial charge in [0.05, 0.1) is 0 Å². The molecule has 0 aromatic heterocycles. The molecule has 6 aliphatic carbocycles. The fraction of sp³-hybridized carbons (Fsp3) is 0.917. The molecule has 0 N–H and O–H groups in total. The van der Waals surface area contributed by atoms with Crippen LogP contribution in [-0.4, -0.2) is 0 Å². The molecule has 0 aromatic carbocycles. The molecule has 0 radical (unpaired) electrons. The van der Waals surface area contributed by atoms with Crippen molar-refractivity contribution in [3.05, 3.63) is 12.2 Å². The summed E-state index contributed by atoms with van der Waals surface area (Å²) in [4.78, 5) is 0. The largest absolute Gasteiger partial charge is 0.0851 e. The standard InChI is InChI=1S/C24H36/c1-10-7-8-11(2)17-16(10)19-20(17)23-21(19)18-14-9-15(13(4)12(14)3)22(18)24(23,5)6/h7-8,10-23H,9H2,1-6H3/t10?,11?,12-,13+,14-,15+,16-,17+,18+,19+,20-,21-,22+,23+/m1/s1. The minimum absolute atomic E-state index is 0.624. The number of hydrogen-bond acceptors (Lipinski definition) is 0. The maximum Gasteiger partial charge on any atom is -0.0228 e. The van der Waals surface area contributed by atoms with E-state index in [0.29, 0.717) is 5.41 Å². The zero-order valence-corrected chi connectivity index (χ0v) is 16.4. The number of rotatable bonds is 0. The Morgan fingerprint density at radius 2 is 1.17 bits per heavy atom. The summed E-state index contributed by atoms with van der Waals surface area (Å²) >= 11 is 0. The third kappa shape index (κ3) is 1.30. The van der Waals surface area contributed by atoms with Gasteiger partial charge in [-0.25, -0.2) is 0 Å². The van der Waals surface area contributed by atoms with Gasteiger partial charge in [0, 0.05) is 0 Å². The summed E-state index contributed by atoms with van der Waals surface area (Å²) in [5.41, 5.74) is 0.624. The van der Waals surface area contributed by atoms with Crippen molar-refractivity contribution in [2.24, 2.45) is 88.3 Å². The van der Waals surface area contributed by atoms with Gasteiger partial charge in [-0.15, -0.1) is 0 Å². The molecular weight excluding hydrogens is 288 g/mol. The summed E-state index contributed by atoms with van der Waals surface area (Å²) in [5.74, 6) is 14.5. The average molecular weight is 325 g/mol. The van der Waals surface area contributed by atoms with Crippen molar-refractivity contribution in [2.45, 2.75) is 48.0 Å². The Morgan fingerprint density at radius 1 is 0.625 bits per heavy atom. The Bertz CT molecular complexity index is 614. The number of hydrogen-bond donors (Lipinski definition) is 0. The molecule has 6 aliphatic rings. The third-order valence-electron chi connectivity index (χ3n) is 11.2. The Hall–Kier alpha value is -0.260. The molecule has 0 spiro atoms. The van der Waals surface area contributed by atoms with Crippen molar-refractivity contribution in [1.82, 2.24) is 0 Å². The van der Waals surface area contributed by atoms with Crippen molar-refractivity contribution < 1.29 is 0 Å². The topological polar surface area (TPSA) is 0 Å². The maximum atomic E-state index is 2.70. The summed E-state index contributed by atoms with van der Waals surface area (Å²) in [6.07, 6.45) is 6.71. The molecule has 24 heavy (non-hydrogen) atoms. The first-order valence-corrected chi connectivity index (χ1v) is 11.0. The second-order valence-electron chi connectivity index (χ2n) is 11.7. The van der Waals surface area contributed by atoms with E-state index in [9.17, 15) is 0 Å². The fourth-order valence-electron chi connectivity index (χ4n) is 10.6. The lowest BCUT2D eigenvalue weighted by Gasteiger charge is -2.73. The van der Waals surface area contributed by atoms with Crippen LogP contribution in [0, 0.1) is 88.3 Å². The summed E-state index contributed by atoms with van der Waals surface area (Å²) in [7, 11) is 0. The SMILES string of the molecule is CC1C=CC(C)[C@H]2[C@@H]1[C@@H]1[C@H]3[C@@H]4[C@@H]5C[C@@H]([C@@H](C)[C@H]5C)[C@@H]4C(C)(C)[C@H]3[C@H]21. The molecule has 0 saturated heterocycles. The lowest BCUT2D eigenvalue weighted by molar-refractivity contribution is -0.250. The van der Waals surface area contributed by atoms with E-state index in [-0.39, 0.29) is 0 Å². The highest BCUT2D eigenvalue weighted by Gasteiger charge is 2.80. The highest BCUT2D eigenvalue weighted by Crippen LogP contribution is 2.84. The van der Waals surface area contributed by atoms with E-state index in [1.807, 2.05) is 0 Å². The van der Waals surface area contributed by atoms with E-state index in [4.69, 9.17) is 0 Å². The van der Waals surface area contributed by atoms with Gasteiger partial charge in [0.2, 0.25) is 0 Å². The second kappa shape index (κ2) is 4.17. The summed E-state index contributed by atoms with van der Waals surface area (Å²) < 4.78 is 0. The van der Waals surface area contributed by atoms with Gasteiger partial charge in [-0.05, 0) is 94.7 Å². The van der Waals surface area contributed by atoms with Crippen LogP contribution in [0.5, 0.6) is 0 Å². The quantitative estimate of drug-likeness (QED) is 0.498. The first-order valence-electron chi connectivity index (χ1n) is 11.0. The van der Waals surface area contributed by atoms with E-state index in [0.717, 1.165) is 82.9 Å². The van der Waals surface area contributed by atoms with Crippen molar-refractivity contribution >= 4 is 0 Å². The molecule has 0 aliphatic heterocycles. The normalized spacial score (nSPS) is 70.1. The van der Waals surface area contributed by atoms with E-state index >= 15 is 0 Å². The van der Waals surface area contributed by atoms with Crippen LogP contribution in [-0.2, 0) is 0 Å². The van der Waals surface area contributed by atoms with Crippen LogP contribution in [0.1, 0.15) is 48.0 Å². The molecular formula is C24H36. The lowest BCUT2D eigenvalue weighted by Crippen LogP contribution is -2.69. The first kappa shape index (κ1) is 14.9. The van der Waals surface area contributed by atoms with Crippen molar-refractivity contribution in [3.63, 3.8) is 0 Å². The molecule has 132 valence electrons. The van der Waals surface area contributed by atoms with Crippen LogP contribution < -0.4 is 0 Å². The van der Waals surface area contributed by atoms with Gasteiger partial charge in [-0.2, -0.15) is 0 Å². The van der Waals surface area contributed by atoms with Gasteiger partial charge in [-0.1, -0.05) is 53.7 Å². The van der Waals surface area contributed by atoms with Crippen LogP contribution in [0.2, 0.25) is 0 Å². The van der Waals surface area contributed by atoms with Crippen LogP contribution >= 0.6 is 0 Å². The van der Waals surface area contributed by atoms with Gasteiger partial charge >= 0.3 is 0 Å². The Balaban J connectivity index is 1.41. The molecule has 2 bridgehead atoms. The van der Waals surface area contributed by atoms with Crippen LogP contribution in [0.4, 0.5) is 0 Å². The lowest BCUT2D eigenvalue weighted by atomic mass is 9.31. The Labute approximate surface area is 148 Å². The highest BCUT2D eigenvalue weighted by molar-refractivity contribution is 5.29. The van der Waals surface area contributed by atoms with E-state index in [2.05, 4.69) is 53.7 Å². The minimum Gasteiger partial charge on any atom is -0.0851 e. The van der Waals surface area contributed by atoms with E-state index in [1.54, 1.807) is 6.42 Å². The first-order chi connectivity index (χ1) is 11.4. The van der Waals surface area contributed by atoms with Crippen molar-refractivity contribution in [2.75, 3.05) is 0 Å².